The lowest BCUT2D eigenvalue weighted by molar-refractivity contribution is 0.142. The van der Waals surface area contributed by atoms with E-state index in [4.69, 9.17) is 5.73 Å². The molecular formula is C18H24N2O. The maximum absolute atomic E-state index is 9.82. The fourth-order valence-electron chi connectivity index (χ4n) is 2.35. The van der Waals surface area contributed by atoms with E-state index in [1.165, 1.54) is 11.1 Å². The summed E-state index contributed by atoms with van der Waals surface area (Å²) in [5.41, 5.74) is 9.72. The van der Waals surface area contributed by atoms with Gasteiger partial charge in [-0.25, -0.2) is 0 Å². The molecule has 21 heavy (non-hydrogen) atoms. The Labute approximate surface area is 126 Å². The average molecular weight is 284 g/mol. The molecule has 112 valence electrons. The molecule has 0 heterocycles. The molecule has 0 aliphatic heterocycles. The highest BCUT2D eigenvalue weighted by Gasteiger charge is 2.23. The molecule has 0 spiro atoms. The van der Waals surface area contributed by atoms with E-state index in [0.717, 1.165) is 12.1 Å². The van der Waals surface area contributed by atoms with E-state index in [-0.39, 0.29) is 12.1 Å². The Hall–Kier alpha value is -1.68. The lowest BCUT2D eigenvalue weighted by atomic mass is 9.96. The minimum absolute atomic E-state index is 0.0764. The van der Waals surface area contributed by atoms with Crippen molar-refractivity contribution in [2.24, 2.45) is 5.73 Å². The van der Waals surface area contributed by atoms with E-state index >= 15 is 0 Å². The minimum atomic E-state index is -0.569. The third-order valence-electron chi connectivity index (χ3n) is 3.75. The lowest BCUT2D eigenvalue weighted by Crippen LogP contribution is -2.44. The number of hydrogen-bond donors (Lipinski definition) is 3. The molecule has 0 saturated heterocycles. The van der Waals surface area contributed by atoms with Crippen LogP contribution in [-0.2, 0) is 6.54 Å². The van der Waals surface area contributed by atoms with E-state index in [9.17, 15) is 5.11 Å². The third kappa shape index (κ3) is 4.39. The molecule has 0 bridgehead atoms. The molecule has 0 fully saturated rings. The van der Waals surface area contributed by atoms with Gasteiger partial charge in [-0.15, -0.1) is 0 Å². The van der Waals surface area contributed by atoms with Crippen LogP contribution in [0, 0.1) is 6.92 Å². The Kier molecular flexibility index (Phi) is 5.51. The van der Waals surface area contributed by atoms with Crippen molar-refractivity contribution in [2.45, 2.75) is 38.6 Å². The summed E-state index contributed by atoms with van der Waals surface area (Å²) in [6.07, 6.45) is -0.569. The van der Waals surface area contributed by atoms with Crippen LogP contribution in [0.2, 0.25) is 0 Å². The molecule has 0 saturated carbocycles. The molecule has 0 radical (unpaired) electrons. The van der Waals surface area contributed by atoms with Gasteiger partial charge in [0.2, 0.25) is 0 Å². The van der Waals surface area contributed by atoms with Crippen molar-refractivity contribution in [3.05, 3.63) is 71.3 Å². The van der Waals surface area contributed by atoms with Gasteiger partial charge in [0.25, 0.3) is 0 Å². The van der Waals surface area contributed by atoms with Crippen LogP contribution >= 0.6 is 0 Å². The normalized spacial score (nSPS) is 15.4. The summed E-state index contributed by atoms with van der Waals surface area (Å²) in [6.45, 7) is 4.53. The van der Waals surface area contributed by atoms with Gasteiger partial charge in [-0.3, -0.25) is 0 Å². The molecule has 2 rings (SSSR count). The summed E-state index contributed by atoms with van der Waals surface area (Å²) >= 11 is 0. The number of aryl methyl sites for hydroxylation is 1. The van der Waals surface area contributed by atoms with Crippen molar-refractivity contribution in [3.63, 3.8) is 0 Å². The molecular weight excluding hydrogens is 260 g/mol. The number of nitrogens with two attached hydrogens (primary N) is 1. The lowest BCUT2D eigenvalue weighted by Gasteiger charge is -2.27. The van der Waals surface area contributed by atoms with E-state index < -0.39 is 6.10 Å². The van der Waals surface area contributed by atoms with Crippen LogP contribution < -0.4 is 11.1 Å². The molecule has 0 aromatic heterocycles. The first-order valence-corrected chi connectivity index (χ1v) is 7.35. The van der Waals surface area contributed by atoms with E-state index in [1.54, 1.807) is 6.92 Å². The van der Waals surface area contributed by atoms with Gasteiger partial charge in [-0.2, -0.15) is 0 Å². The molecule has 1 unspecified atom stereocenters. The molecule has 0 amide bonds. The highest BCUT2D eigenvalue weighted by Crippen LogP contribution is 2.18. The van der Waals surface area contributed by atoms with Crippen LogP contribution in [0.3, 0.4) is 0 Å². The number of aliphatic hydroxyl groups excluding tert-OH is 1. The summed E-state index contributed by atoms with van der Waals surface area (Å²) in [5.74, 6) is 0. The van der Waals surface area contributed by atoms with E-state index in [2.05, 4.69) is 36.5 Å². The summed E-state index contributed by atoms with van der Waals surface area (Å²) in [6, 6.07) is 18.0. The van der Waals surface area contributed by atoms with Crippen molar-refractivity contribution in [3.8, 4) is 0 Å². The number of benzene rings is 2. The second-order valence-electron chi connectivity index (χ2n) is 5.57. The van der Waals surface area contributed by atoms with E-state index in [1.807, 2.05) is 30.3 Å². The predicted molar refractivity (Wildman–Crippen MR) is 86.9 cm³/mol. The van der Waals surface area contributed by atoms with Gasteiger partial charge in [-0.05, 0) is 25.0 Å². The van der Waals surface area contributed by atoms with Crippen molar-refractivity contribution >= 4 is 0 Å². The molecule has 2 aromatic rings. The maximum atomic E-state index is 9.82. The summed E-state index contributed by atoms with van der Waals surface area (Å²) in [7, 11) is 0. The van der Waals surface area contributed by atoms with Crippen LogP contribution in [0.1, 0.15) is 29.7 Å². The van der Waals surface area contributed by atoms with Gasteiger partial charge in [0.05, 0.1) is 12.1 Å². The van der Waals surface area contributed by atoms with Gasteiger partial charge in [0, 0.05) is 12.6 Å². The van der Waals surface area contributed by atoms with Crippen LogP contribution in [0.25, 0.3) is 0 Å². The van der Waals surface area contributed by atoms with Crippen molar-refractivity contribution in [1.29, 1.82) is 0 Å². The second kappa shape index (κ2) is 7.36. The van der Waals surface area contributed by atoms with Crippen LogP contribution in [-0.4, -0.2) is 17.3 Å². The smallest absolute Gasteiger partial charge is 0.0681 e. The third-order valence-corrected chi connectivity index (χ3v) is 3.75. The summed E-state index contributed by atoms with van der Waals surface area (Å²) in [4.78, 5) is 0. The number of aliphatic hydroxyl groups is 1. The monoisotopic (exact) mass is 284 g/mol. The topological polar surface area (TPSA) is 58.3 Å². The Bertz CT molecular complexity index is 537. The highest BCUT2D eigenvalue weighted by molar-refractivity contribution is 5.23. The number of hydrogen-bond acceptors (Lipinski definition) is 3. The number of nitrogens with one attached hydrogen (secondary N) is 1. The van der Waals surface area contributed by atoms with Crippen LogP contribution in [0.4, 0.5) is 0 Å². The molecule has 4 N–H and O–H groups in total. The van der Waals surface area contributed by atoms with Gasteiger partial charge in [0.1, 0.15) is 0 Å². The molecule has 3 nitrogen and oxygen atoms in total. The predicted octanol–water partition coefficient (Wildman–Crippen LogP) is 2.53. The Morgan fingerprint density at radius 2 is 1.67 bits per heavy atom. The van der Waals surface area contributed by atoms with Crippen LogP contribution in [0.15, 0.2) is 54.6 Å². The Balaban J connectivity index is 2.11. The molecule has 0 aliphatic rings. The molecule has 3 heteroatoms. The van der Waals surface area contributed by atoms with Gasteiger partial charge in [0.15, 0.2) is 0 Å². The largest absolute Gasteiger partial charge is 0.392 e. The molecule has 3 atom stereocenters. The zero-order chi connectivity index (χ0) is 15.2. The number of rotatable bonds is 6. The first-order chi connectivity index (χ1) is 10.1. The highest BCUT2D eigenvalue weighted by atomic mass is 16.3. The second-order valence-corrected chi connectivity index (χ2v) is 5.57. The van der Waals surface area contributed by atoms with Crippen molar-refractivity contribution < 1.29 is 5.11 Å². The minimum Gasteiger partial charge on any atom is -0.392 e. The zero-order valence-corrected chi connectivity index (χ0v) is 12.7. The maximum Gasteiger partial charge on any atom is 0.0681 e. The summed E-state index contributed by atoms with van der Waals surface area (Å²) < 4.78 is 0. The molecule has 0 aliphatic carbocycles. The van der Waals surface area contributed by atoms with Crippen molar-refractivity contribution in [2.75, 3.05) is 0 Å². The van der Waals surface area contributed by atoms with Crippen molar-refractivity contribution in [1.82, 2.24) is 5.32 Å². The summed E-state index contributed by atoms with van der Waals surface area (Å²) in [5, 5.41) is 13.3. The zero-order valence-electron chi connectivity index (χ0n) is 12.7. The Morgan fingerprint density at radius 3 is 2.24 bits per heavy atom. The standard InChI is InChI=1S/C18H24N2O/c1-13-8-10-15(11-9-13)12-20-18(17(19)14(2)21)16-6-4-3-5-7-16/h3-11,14,17-18,20-21H,12,19H2,1-2H3/t14-,17-,18?/m1/s1. The van der Waals surface area contributed by atoms with E-state index in [0.29, 0.717) is 0 Å². The SMILES string of the molecule is Cc1ccc(CNC(c2ccccc2)[C@H](N)[C@@H](C)O)cc1. The Morgan fingerprint density at radius 1 is 1.05 bits per heavy atom. The van der Waals surface area contributed by atoms with Gasteiger partial charge < -0.3 is 16.2 Å². The first-order valence-electron chi connectivity index (χ1n) is 7.35. The average Bonchev–Trinajstić information content (AvgIpc) is 2.50. The first kappa shape index (κ1) is 15.7. The molecule has 2 aromatic carbocycles. The quantitative estimate of drug-likeness (QED) is 0.764. The fourth-order valence-corrected chi connectivity index (χ4v) is 2.35. The van der Waals surface area contributed by atoms with Gasteiger partial charge >= 0.3 is 0 Å². The van der Waals surface area contributed by atoms with Crippen LogP contribution in [0.5, 0.6) is 0 Å². The fraction of sp³-hybridized carbons (Fsp3) is 0.333. The van der Waals surface area contributed by atoms with Gasteiger partial charge in [-0.1, -0.05) is 60.2 Å².